The van der Waals surface area contributed by atoms with Crippen molar-refractivity contribution < 1.29 is 57.1 Å². The number of benzene rings is 2. The standard InChI is InChI=1S/C63H80Cl2O12Te/c1-60(42-13-34-9-35(15-42)16-43(60)14-34)74-56(66)31-70-50-5-7-54(52(29-50)72-33-58(68)76-62(3)46-21-38-11-39(23-46)24-47(62)22-38)78(64,65)55-8-6-51(71-32-57(67)75-61(2)44-17-36-10-37(19-44)20-45(61)18-36)30-53(55)73-59(69)77-63(4)48-25-40-12-41(27-48)28-49(63)26-40/h5-8,29-30,34-49H,9-28,31-33H2,1-4H3. The van der Waals surface area contributed by atoms with Crippen LogP contribution in [0.2, 0.25) is 0 Å². The molecule has 0 N–H and O–H groups in total. The van der Waals surface area contributed by atoms with Gasteiger partial charge in [-0.05, 0) is 12.8 Å². The van der Waals surface area contributed by atoms with Gasteiger partial charge in [0, 0.05) is 0 Å². The maximum atomic E-state index is 14.3. The van der Waals surface area contributed by atoms with E-state index in [0.717, 1.165) is 126 Å². The zero-order valence-electron chi connectivity index (χ0n) is 46.0. The van der Waals surface area contributed by atoms with Gasteiger partial charge in [-0.3, -0.25) is 0 Å². The fourth-order valence-corrected chi connectivity index (χ4v) is 28.1. The van der Waals surface area contributed by atoms with E-state index in [-0.39, 0.29) is 42.3 Å². The molecule has 16 bridgehead atoms. The molecular formula is C63H80Cl2O12Te. The summed E-state index contributed by atoms with van der Waals surface area (Å²) >= 11 is -4.82. The van der Waals surface area contributed by atoms with Crippen molar-refractivity contribution in [1.82, 2.24) is 0 Å². The van der Waals surface area contributed by atoms with Crippen LogP contribution in [0.4, 0.5) is 4.79 Å². The van der Waals surface area contributed by atoms with E-state index in [1.807, 2.05) is 0 Å². The third kappa shape index (κ3) is 9.24. The minimum absolute atomic E-state index is 0.0407. The normalized spacial score (nSPS) is 43.5. The minimum atomic E-state index is -4.82. The first-order valence-electron chi connectivity index (χ1n) is 30.2. The molecule has 0 atom stereocenters. The van der Waals surface area contributed by atoms with Crippen LogP contribution in [0.5, 0.6) is 23.0 Å². The van der Waals surface area contributed by atoms with E-state index in [1.54, 1.807) is 36.4 Å². The molecule has 0 radical (unpaired) electrons. The predicted molar refractivity (Wildman–Crippen MR) is 293 cm³/mol. The number of rotatable bonds is 16. The molecule has 424 valence electrons. The van der Waals surface area contributed by atoms with Gasteiger partial charge in [0.25, 0.3) is 0 Å². The first-order chi connectivity index (χ1) is 37.3. The molecule has 0 saturated heterocycles. The van der Waals surface area contributed by atoms with Crippen LogP contribution in [0, 0.1) is 94.7 Å². The summed E-state index contributed by atoms with van der Waals surface area (Å²) in [6.45, 7) is 7.32. The van der Waals surface area contributed by atoms with Gasteiger partial charge in [-0.15, -0.1) is 0 Å². The van der Waals surface area contributed by atoms with Crippen LogP contribution in [0.1, 0.15) is 156 Å². The molecule has 15 heteroatoms. The molecule has 16 aliphatic carbocycles. The monoisotopic (exact) mass is 1230 g/mol. The Labute approximate surface area is 471 Å². The number of carbonyl (C=O) groups is 4. The van der Waals surface area contributed by atoms with Crippen molar-refractivity contribution in [2.45, 2.75) is 179 Å². The number of carbonyl (C=O) groups excluding carboxylic acids is 4. The molecule has 0 spiro atoms. The molecule has 0 heterocycles. The number of ether oxygens (including phenoxy) is 8. The van der Waals surface area contributed by atoms with Crippen LogP contribution in [-0.2, 0) is 33.3 Å². The SMILES string of the molecule is CC1(OC(=O)COc2ccc([Te](Cl)(Cl)c3ccc(OCC(=O)OC4(C)C5CC6CC(C5)CC4C6)cc3OC(=O)OC3(C)C4CC5CC(C4)CC3C5)c(OCC(=O)OC3(C)C4CC5CC(C4)CC3C5)c2)C2CC3CC(C2)CC1C3. The Bertz CT molecular complexity index is 2630. The Kier molecular flexibility index (Phi) is 13.2. The molecule has 2 aromatic carbocycles. The third-order valence-electron chi connectivity index (χ3n) is 24.0. The molecule has 0 amide bonds. The topological polar surface area (TPSA) is 142 Å². The van der Waals surface area contributed by atoms with Gasteiger partial charge >= 0.3 is 462 Å². The summed E-state index contributed by atoms with van der Waals surface area (Å²) in [7, 11) is 15.6. The Morgan fingerprint density at radius 2 is 0.667 bits per heavy atom. The summed E-state index contributed by atoms with van der Waals surface area (Å²) in [6.07, 6.45) is 21.5. The summed E-state index contributed by atoms with van der Waals surface area (Å²) in [5, 5.41) is 0. The van der Waals surface area contributed by atoms with Crippen LogP contribution >= 0.6 is 17.9 Å². The summed E-state index contributed by atoms with van der Waals surface area (Å²) in [4.78, 5) is 55.8. The van der Waals surface area contributed by atoms with Gasteiger partial charge < -0.3 is 0 Å². The van der Waals surface area contributed by atoms with E-state index >= 15 is 0 Å². The number of halogens is 2. The van der Waals surface area contributed by atoms with Crippen molar-refractivity contribution in [1.29, 1.82) is 0 Å². The Hall–Kier alpha value is -3.11. The molecular weight excluding hydrogens is 1150 g/mol. The van der Waals surface area contributed by atoms with E-state index in [4.69, 9.17) is 55.8 Å². The Balaban J connectivity index is 0.733. The van der Waals surface area contributed by atoms with Crippen molar-refractivity contribution >= 4 is 65.2 Å². The third-order valence-corrected chi connectivity index (χ3v) is 33.5. The molecule has 12 nitrogen and oxygen atoms in total. The fourth-order valence-electron chi connectivity index (χ4n) is 20.6. The molecule has 16 fully saturated rings. The Morgan fingerprint density at radius 1 is 0.397 bits per heavy atom. The van der Waals surface area contributed by atoms with E-state index in [0.29, 0.717) is 72.2 Å². The summed E-state index contributed by atoms with van der Waals surface area (Å²) in [5.41, 5.74) is -2.29. The molecule has 0 aromatic heterocycles. The van der Waals surface area contributed by atoms with E-state index in [2.05, 4.69) is 27.7 Å². The van der Waals surface area contributed by atoms with Gasteiger partial charge in [0.2, 0.25) is 0 Å². The molecule has 18 rings (SSSR count). The van der Waals surface area contributed by atoms with Gasteiger partial charge in [0.05, 0.1) is 0 Å². The van der Waals surface area contributed by atoms with Gasteiger partial charge in [-0.25, -0.2) is 0 Å². The van der Waals surface area contributed by atoms with Crippen molar-refractivity contribution in [3.05, 3.63) is 36.4 Å². The zero-order chi connectivity index (χ0) is 53.7. The molecule has 16 saturated carbocycles. The van der Waals surface area contributed by atoms with Gasteiger partial charge in [0.1, 0.15) is 0 Å². The van der Waals surface area contributed by atoms with Crippen LogP contribution in [0.25, 0.3) is 0 Å². The van der Waals surface area contributed by atoms with E-state index in [1.165, 1.54) is 25.7 Å². The average molecular weight is 1230 g/mol. The first-order valence-corrected chi connectivity index (χ1v) is 38.5. The van der Waals surface area contributed by atoms with Crippen molar-refractivity contribution in [3.63, 3.8) is 0 Å². The molecule has 2 aromatic rings. The first kappa shape index (κ1) is 52.9. The van der Waals surface area contributed by atoms with E-state index < -0.39 is 69.0 Å². The maximum absolute atomic E-state index is 14.3. The molecule has 0 unspecified atom stereocenters. The molecule has 16 aliphatic rings. The number of esters is 3. The molecule has 78 heavy (non-hydrogen) atoms. The number of hydrogen-bond acceptors (Lipinski definition) is 12. The van der Waals surface area contributed by atoms with Gasteiger partial charge in [0.15, 0.2) is 0 Å². The van der Waals surface area contributed by atoms with Crippen LogP contribution in [0.15, 0.2) is 36.4 Å². The van der Waals surface area contributed by atoms with Crippen LogP contribution < -0.4 is 26.2 Å². The fraction of sp³-hybridized carbons (Fsp3) is 0.746. The Morgan fingerprint density at radius 3 is 0.987 bits per heavy atom. The van der Waals surface area contributed by atoms with Crippen LogP contribution in [0.3, 0.4) is 0 Å². The summed E-state index contributed by atoms with van der Waals surface area (Å²) in [5.74, 6) is 7.64. The van der Waals surface area contributed by atoms with Gasteiger partial charge in [-0.1, -0.05) is 0 Å². The van der Waals surface area contributed by atoms with Crippen LogP contribution in [-0.4, -0.2) is 82.2 Å². The summed E-state index contributed by atoms with van der Waals surface area (Å²) < 4.78 is 51.5. The van der Waals surface area contributed by atoms with Crippen molar-refractivity contribution in [3.8, 4) is 23.0 Å². The zero-order valence-corrected chi connectivity index (χ0v) is 49.9. The number of hydrogen-bond donors (Lipinski definition) is 0. The van der Waals surface area contributed by atoms with Gasteiger partial charge in [-0.2, -0.15) is 0 Å². The quantitative estimate of drug-likeness (QED) is 0.0683. The molecule has 0 aliphatic heterocycles. The average Bonchev–Trinajstić information content (AvgIpc) is 3.57. The predicted octanol–water partition coefficient (Wildman–Crippen LogP) is 11.9. The van der Waals surface area contributed by atoms with E-state index in [9.17, 15) is 19.2 Å². The second-order valence-electron chi connectivity index (χ2n) is 28.4. The second-order valence-corrected chi connectivity index (χ2v) is 40.8. The van der Waals surface area contributed by atoms with Crippen molar-refractivity contribution in [2.24, 2.45) is 94.7 Å². The summed E-state index contributed by atoms with van der Waals surface area (Å²) in [6, 6.07) is 9.93. The second kappa shape index (κ2) is 19.5. The van der Waals surface area contributed by atoms with Crippen molar-refractivity contribution in [2.75, 3.05) is 19.8 Å².